The molecule has 0 unspecified atom stereocenters. The molecule has 0 saturated carbocycles. The van der Waals surface area contributed by atoms with Crippen molar-refractivity contribution in [1.82, 2.24) is 9.55 Å². The van der Waals surface area contributed by atoms with Crippen LogP contribution in [0.25, 0.3) is 16.7 Å². The van der Waals surface area contributed by atoms with Gasteiger partial charge >= 0.3 is 5.97 Å². The number of carboxylic acids is 1. The third-order valence-electron chi connectivity index (χ3n) is 3.16. The van der Waals surface area contributed by atoms with E-state index in [1.165, 1.54) is 35.2 Å². The van der Waals surface area contributed by atoms with Crippen molar-refractivity contribution in [1.29, 1.82) is 5.26 Å². The summed E-state index contributed by atoms with van der Waals surface area (Å²) >= 11 is 0. The standard InChI is InChI=1S/C15H8FN3O2/c16-11-2-1-3-13(10(11)7-17)19-8-18-12-5-4-9(15(20)21)6-14(12)19/h1-6,8H,(H,20,21). The van der Waals surface area contributed by atoms with Gasteiger partial charge in [-0.2, -0.15) is 5.26 Å². The van der Waals surface area contributed by atoms with Crippen LogP contribution in [0.15, 0.2) is 42.7 Å². The molecule has 1 heterocycles. The van der Waals surface area contributed by atoms with Crippen LogP contribution in [0.1, 0.15) is 15.9 Å². The Balaban J connectivity index is 2.31. The van der Waals surface area contributed by atoms with Gasteiger partial charge in [0.05, 0.1) is 22.3 Å². The fourth-order valence-corrected chi connectivity index (χ4v) is 2.16. The summed E-state index contributed by atoms with van der Waals surface area (Å²) in [5.41, 5.74) is 1.37. The summed E-state index contributed by atoms with van der Waals surface area (Å²) in [5.74, 6) is -1.70. The highest BCUT2D eigenvalue weighted by Gasteiger charge is 2.13. The van der Waals surface area contributed by atoms with Crippen LogP contribution in [0.2, 0.25) is 0 Å². The van der Waals surface area contributed by atoms with Crippen LogP contribution in [0.5, 0.6) is 0 Å². The van der Waals surface area contributed by atoms with E-state index in [-0.39, 0.29) is 11.1 Å². The van der Waals surface area contributed by atoms with Gasteiger partial charge in [-0.1, -0.05) is 6.07 Å². The zero-order chi connectivity index (χ0) is 15.0. The molecule has 2 aromatic carbocycles. The van der Waals surface area contributed by atoms with Crippen molar-refractivity contribution in [2.24, 2.45) is 0 Å². The van der Waals surface area contributed by atoms with E-state index >= 15 is 0 Å². The molecule has 21 heavy (non-hydrogen) atoms. The molecule has 0 amide bonds. The van der Waals surface area contributed by atoms with Crippen molar-refractivity contribution in [2.45, 2.75) is 0 Å². The number of hydrogen-bond donors (Lipinski definition) is 1. The minimum absolute atomic E-state index is 0.0964. The molecule has 1 N–H and O–H groups in total. The van der Waals surface area contributed by atoms with Gasteiger partial charge in [-0.25, -0.2) is 14.2 Å². The van der Waals surface area contributed by atoms with Gasteiger partial charge in [0.2, 0.25) is 0 Å². The third-order valence-corrected chi connectivity index (χ3v) is 3.16. The fraction of sp³-hybridized carbons (Fsp3) is 0. The number of aromatic carboxylic acids is 1. The zero-order valence-electron chi connectivity index (χ0n) is 10.6. The number of halogens is 1. The summed E-state index contributed by atoms with van der Waals surface area (Å²) in [6.07, 6.45) is 1.44. The topological polar surface area (TPSA) is 78.9 Å². The van der Waals surface area contributed by atoms with Crippen LogP contribution in [-0.4, -0.2) is 20.6 Å². The first-order valence-corrected chi connectivity index (χ1v) is 6.01. The fourth-order valence-electron chi connectivity index (χ4n) is 2.16. The van der Waals surface area contributed by atoms with E-state index in [9.17, 15) is 9.18 Å². The first-order chi connectivity index (χ1) is 10.1. The number of aromatic nitrogens is 2. The van der Waals surface area contributed by atoms with Gasteiger partial charge in [0.25, 0.3) is 0 Å². The van der Waals surface area contributed by atoms with Gasteiger partial charge in [-0.3, -0.25) is 4.57 Å². The van der Waals surface area contributed by atoms with Gasteiger partial charge in [0, 0.05) is 0 Å². The normalized spacial score (nSPS) is 10.5. The van der Waals surface area contributed by atoms with Crippen LogP contribution in [0.4, 0.5) is 4.39 Å². The number of carboxylic acid groups (broad SMARTS) is 1. The highest BCUT2D eigenvalue weighted by Crippen LogP contribution is 2.23. The molecular formula is C15H8FN3O2. The maximum absolute atomic E-state index is 13.7. The van der Waals surface area contributed by atoms with Gasteiger partial charge in [0.15, 0.2) is 0 Å². The first-order valence-electron chi connectivity index (χ1n) is 6.01. The van der Waals surface area contributed by atoms with Crippen molar-refractivity contribution in [3.05, 3.63) is 59.7 Å². The minimum Gasteiger partial charge on any atom is -0.478 e. The van der Waals surface area contributed by atoms with E-state index < -0.39 is 11.8 Å². The van der Waals surface area contributed by atoms with Gasteiger partial charge in [0.1, 0.15) is 23.8 Å². The average Bonchev–Trinajstić information content (AvgIpc) is 2.89. The van der Waals surface area contributed by atoms with Crippen molar-refractivity contribution < 1.29 is 14.3 Å². The Kier molecular flexibility index (Phi) is 2.88. The van der Waals surface area contributed by atoms with Crippen molar-refractivity contribution in [3.8, 4) is 11.8 Å². The molecule has 102 valence electrons. The summed E-state index contributed by atoms with van der Waals surface area (Å²) in [7, 11) is 0. The van der Waals surface area contributed by atoms with Gasteiger partial charge in [-0.05, 0) is 30.3 Å². The minimum atomic E-state index is -1.07. The summed E-state index contributed by atoms with van der Waals surface area (Å²) in [4.78, 5) is 15.2. The number of hydrogen-bond acceptors (Lipinski definition) is 3. The Morgan fingerprint density at radius 3 is 2.86 bits per heavy atom. The SMILES string of the molecule is N#Cc1c(F)cccc1-n1cnc2ccc(C(=O)O)cc21. The Bertz CT molecular complexity index is 909. The van der Waals surface area contributed by atoms with E-state index in [0.29, 0.717) is 16.7 Å². The molecule has 5 nitrogen and oxygen atoms in total. The lowest BCUT2D eigenvalue weighted by Crippen LogP contribution is -2.00. The second kappa shape index (κ2) is 4.72. The molecule has 0 saturated heterocycles. The van der Waals surface area contributed by atoms with Crippen LogP contribution in [-0.2, 0) is 0 Å². The predicted molar refractivity (Wildman–Crippen MR) is 72.7 cm³/mol. The van der Waals surface area contributed by atoms with Crippen LogP contribution in [0.3, 0.4) is 0 Å². The monoisotopic (exact) mass is 281 g/mol. The maximum atomic E-state index is 13.7. The van der Waals surface area contributed by atoms with E-state index in [4.69, 9.17) is 10.4 Å². The number of carbonyl (C=O) groups is 1. The Labute approximate surface area is 118 Å². The second-order valence-corrected chi connectivity index (χ2v) is 4.37. The number of imidazole rings is 1. The highest BCUT2D eigenvalue weighted by atomic mass is 19.1. The molecule has 0 spiro atoms. The second-order valence-electron chi connectivity index (χ2n) is 4.37. The Morgan fingerprint density at radius 2 is 2.14 bits per heavy atom. The molecule has 0 bridgehead atoms. The molecule has 6 heteroatoms. The number of fused-ring (bicyclic) bond motifs is 1. The van der Waals surface area contributed by atoms with Crippen molar-refractivity contribution in [3.63, 3.8) is 0 Å². The van der Waals surface area contributed by atoms with Gasteiger partial charge in [-0.15, -0.1) is 0 Å². The smallest absolute Gasteiger partial charge is 0.335 e. The lowest BCUT2D eigenvalue weighted by atomic mass is 10.1. The average molecular weight is 281 g/mol. The number of nitriles is 1. The third kappa shape index (κ3) is 2.01. The first kappa shape index (κ1) is 12.8. The molecule has 3 rings (SSSR count). The van der Waals surface area contributed by atoms with Crippen LogP contribution in [0, 0.1) is 17.1 Å². The quantitative estimate of drug-likeness (QED) is 0.783. The lowest BCUT2D eigenvalue weighted by Gasteiger charge is -2.07. The molecule has 0 aliphatic rings. The van der Waals surface area contributed by atoms with Crippen molar-refractivity contribution >= 4 is 17.0 Å². The van der Waals surface area contributed by atoms with Crippen molar-refractivity contribution in [2.75, 3.05) is 0 Å². The molecule has 3 aromatic rings. The zero-order valence-corrected chi connectivity index (χ0v) is 10.6. The van der Waals surface area contributed by atoms with E-state index in [2.05, 4.69) is 4.98 Å². The Hall–Kier alpha value is -3.20. The maximum Gasteiger partial charge on any atom is 0.335 e. The highest BCUT2D eigenvalue weighted by molar-refractivity contribution is 5.92. The number of nitrogens with zero attached hydrogens (tertiary/aromatic N) is 3. The van der Waals surface area contributed by atoms with Crippen LogP contribution < -0.4 is 0 Å². The summed E-state index contributed by atoms with van der Waals surface area (Å²) in [6.45, 7) is 0. The van der Waals surface area contributed by atoms with E-state index in [0.717, 1.165) is 0 Å². The predicted octanol–water partition coefficient (Wildman–Crippen LogP) is 2.73. The molecular weight excluding hydrogens is 273 g/mol. The van der Waals surface area contributed by atoms with E-state index in [1.54, 1.807) is 12.1 Å². The molecule has 1 aromatic heterocycles. The van der Waals surface area contributed by atoms with E-state index in [1.807, 2.05) is 6.07 Å². The van der Waals surface area contributed by atoms with Crippen LogP contribution >= 0.6 is 0 Å². The summed E-state index contributed by atoms with van der Waals surface area (Å²) in [6, 6.07) is 10.5. The lowest BCUT2D eigenvalue weighted by molar-refractivity contribution is 0.0697. The molecule has 0 radical (unpaired) electrons. The summed E-state index contributed by atoms with van der Waals surface area (Å²) in [5, 5.41) is 18.1. The molecule has 0 aliphatic carbocycles. The molecule has 0 aliphatic heterocycles. The number of benzene rings is 2. The van der Waals surface area contributed by atoms with Gasteiger partial charge < -0.3 is 5.11 Å². The Morgan fingerprint density at radius 1 is 1.33 bits per heavy atom. The summed E-state index contributed by atoms with van der Waals surface area (Å²) < 4.78 is 15.2. The largest absolute Gasteiger partial charge is 0.478 e. The molecule has 0 atom stereocenters. The molecule has 0 fully saturated rings. The number of rotatable bonds is 2.